The Balaban J connectivity index is 1.84. The molecule has 18 heavy (non-hydrogen) atoms. The first-order chi connectivity index (χ1) is 8.79. The minimum atomic E-state index is 0.0680. The molecule has 1 fully saturated rings. The number of rotatable bonds is 5. The van der Waals surface area contributed by atoms with Gasteiger partial charge in [-0.3, -0.25) is 0 Å². The highest BCUT2D eigenvalue weighted by molar-refractivity contribution is 5.18. The minimum Gasteiger partial charge on any atom is -0.394 e. The highest BCUT2D eigenvalue weighted by Gasteiger charge is 2.18. The largest absolute Gasteiger partial charge is 0.394 e. The van der Waals surface area contributed by atoms with Gasteiger partial charge in [-0.1, -0.05) is 30.3 Å². The summed E-state index contributed by atoms with van der Waals surface area (Å²) in [5, 5.41) is 13.0. The molecule has 0 aromatic heterocycles. The molecule has 1 saturated heterocycles. The van der Waals surface area contributed by atoms with Crippen molar-refractivity contribution >= 4 is 0 Å². The van der Waals surface area contributed by atoms with Crippen LogP contribution in [0.4, 0.5) is 0 Å². The molecule has 3 heteroatoms. The fourth-order valence-corrected chi connectivity index (χ4v) is 2.72. The van der Waals surface area contributed by atoms with Gasteiger partial charge in [0.25, 0.3) is 0 Å². The molecule has 0 saturated carbocycles. The fraction of sp³-hybridized carbons (Fsp3) is 0.600. The fourth-order valence-electron chi connectivity index (χ4n) is 2.72. The Kier molecular flexibility index (Phi) is 5.17. The van der Waals surface area contributed by atoms with Crippen LogP contribution in [0.2, 0.25) is 0 Å². The zero-order chi connectivity index (χ0) is 12.8. The van der Waals surface area contributed by atoms with Gasteiger partial charge in [-0.15, -0.1) is 0 Å². The summed E-state index contributed by atoms with van der Waals surface area (Å²) in [6, 6.07) is 10.3. The molecule has 2 rings (SSSR count). The average molecular weight is 248 g/mol. The van der Waals surface area contributed by atoms with Gasteiger partial charge in [0, 0.05) is 6.54 Å². The van der Waals surface area contributed by atoms with Crippen LogP contribution in [0.5, 0.6) is 0 Å². The Bertz CT molecular complexity index is 342. The molecule has 1 aliphatic rings. The van der Waals surface area contributed by atoms with Crippen molar-refractivity contribution in [1.29, 1.82) is 0 Å². The van der Waals surface area contributed by atoms with Crippen LogP contribution in [0.3, 0.4) is 0 Å². The molecule has 0 aliphatic carbocycles. The molecule has 2 N–H and O–H groups in total. The maximum Gasteiger partial charge on any atom is 0.0626 e. The van der Waals surface area contributed by atoms with E-state index in [2.05, 4.69) is 29.4 Å². The van der Waals surface area contributed by atoms with Crippen LogP contribution in [0.15, 0.2) is 30.3 Å². The number of aliphatic hydroxyl groups excluding tert-OH is 1. The lowest BCUT2D eigenvalue weighted by Gasteiger charge is -2.31. The Labute approximate surface area is 110 Å². The van der Waals surface area contributed by atoms with E-state index in [-0.39, 0.29) is 12.6 Å². The smallest absolute Gasteiger partial charge is 0.0626 e. The summed E-state index contributed by atoms with van der Waals surface area (Å²) in [5.41, 5.74) is 1.17. The molecular weight excluding hydrogens is 224 g/mol. The van der Waals surface area contributed by atoms with Crippen LogP contribution >= 0.6 is 0 Å². The Morgan fingerprint density at radius 2 is 2.17 bits per heavy atom. The highest BCUT2D eigenvalue weighted by atomic mass is 16.3. The van der Waals surface area contributed by atoms with Crippen molar-refractivity contribution in [3.05, 3.63) is 35.9 Å². The molecule has 0 radical (unpaired) electrons. The van der Waals surface area contributed by atoms with Crippen LogP contribution < -0.4 is 5.32 Å². The zero-order valence-corrected chi connectivity index (χ0v) is 11.2. The van der Waals surface area contributed by atoms with Gasteiger partial charge >= 0.3 is 0 Å². The molecule has 1 heterocycles. The van der Waals surface area contributed by atoms with Crippen LogP contribution in [-0.2, 0) is 0 Å². The van der Waals surface area contributed by atoms with Gasteiger partial charge in [-0.05, 0) is 44.5 Å². The standard InChI is InChI=1S/C15H24N2O/c1-17-9-5-6-13(11-17)10-16-15(12-18)14-7-3-2-4-8-14/h2-4,7-8,13,15-16,18H,5-6,9-12H2,1H3/t13?,15-/m0/s1. The summed E-state index contributed by atoms with van der Waals surface area (Å²) < 4.78 is 0. The number of nitrogens with one attached hydrogen (secondary N) is 1. The predicted octanol–water partition coefficient (Wildman–Crippen LogP) is 1.65. The Morgan fingerprint density at radius 3 is 2.83 bits per heavy atom. The topological polar surface area (TPSA) is 35.5 Å². The Morgan fingerprint density at radius 1 is 1.39 bits per heavy atom. The molecule has 1 aromatic rings. The molecule has 1 unspecified atom stereocenters. The van der Waals surface area contributed by atoms with E-state index < -0.39 is 0 Å². The first-order valence-corrected chi connectivity index (χ1v) is 6.87. The quantitative estimate of drug-likeness (QED) is 0.832. The van der Waals surface area contributed by atoms with E-state index >= 15 is 0 Å². The third-order valence-electron chi connectivity index (χ3n) is 3.76. The monoisotopic (exact) mass is 248 g/mol. The van der Waals surface area contributed by atoms with E-state index in [4.69, 9.17) is 0 Å². The number of likely N-dealkylation sites (tertiary alicyclic amines) is 1. The number of benzene rings is 1. The highest BCUT2D eigenvalue weighted by Crippen LogP contribution is 2.17. The molecule has 100 valence electrons. The van der Waals surface area contributed by atoms with Crippen LogP contribution in [0, 0.1) is 5.92 Å². The van der Waals surface area contributed by atoms with E-state index in [1.165, 1.54) is 31.5 Å². The van der Waals surface area contributed by atoms with Gasteiger partial charge in [0.2, 0.25) is 0 Å². The number of nitrogens with zero attached hydrogens (tertiary/aromatic N) is 1. The summed E-state index contributed by atoms with van der Waals surface area (Å²) in [6.07, 6.45) is 2.59. The van der Waals surface area contributed by atoms with Gasteiger partial charge in [-0.2, -0.15) is 0 Å². The van der Waals surface area contributed by atoms with Crippen molar-refractivity contribution in [3.8, 4) is 0 Å². The molecule has 1 aliphatic heterocycles. The van der Waals surface area contributed by atoms with Gasteiger partial charge in [0.15, 0.2) is 0 Å². The maximum absolute atomic E-state index is 9.49. The van der Waals surface area contributed by atoms with E-state index in [1.54, 1.807) is 0 Å². The van der Waals surface area contributed by atoms with Crippen molar-refractivity contribution in [3.63, 3.8) is 0 Å². The summed E-state index contributed by atoms with van der Waals surface area (Å²) in [6.45, 7) is 3.54. The average Bonchev–Trinajstić information content (AvgIpc) is 2.41. The molecular formula is C15H24N2O. The predicted molar refractivity (Wildman–Crippen MR) is 74.5 cm³/mol. The van der Waals surface area contributed by atoms with Crippen molar-refractivity contribution in [2.45, 2.75) is 18.9 Å². The van der Waals surface area contributed by atoms with E-state index in [0.29, 0.717) is 5.92 Å². The SMILES string of the molecule is CN1CCCC(CN[C@@H](CO)c2ccccc2)C1. The third-order valence-corrected chi connectivity index (χ3v) is 3.76. The second-order valence-electron chi connectivity index (χ2n) is 5.32. The van der Waals surface area contributed by atoms with E-state index in [9.17, 15) is 5.11 Å². The van der Waals surface area contributed by atoms with Crippen molar-refractivity contribution in [1.82, 2.24) is 10.2 Å². The Hall–Kier alpha value is -0.900. The lowest BCUT2D eigenvalue weighted by atomic mass is 9.97. The third kappa shape index (κ3) is 3.80. The maximum atomic E-state index is 9.49. The van der Waals surface area contributed by atoms with Gasteiger partial charge in [-0.25, -0.2) is 0 Å². The summed E-state index contributed by atoms with van der Waals surface area (Å²) in [4.78, 5) is 2.40. The minimum absolute atomic E-state index is 0.0680. The molecule has 1 aromatic carbocycles. The number of hydrogen-bond donors (Lipinski definition) is 2. The summed E-state index contributed by atoms with van der Waals surface area (Å²) >= 11 is 0. The molecule has 0 spiro atoms. The van der Waals surface area contributed by atoms with Crippen molar-refractivity contribution in [2.75, 3.05) is 33.3 Å². The molecule has 2 atom stereocenters. The van der Waals surface area contributed by atoms with E-state index in [1.807, 2.05) is 18.2 Å². The number of hydrogen-bond acceptors (Lipinski definition) is 3. The van der Waals surface area contributed by atoms with Crippen molar-refractivity contribution in [2.24, 2.45) is 5.92 Å². The van der Waals surface area contributed by atoms with Gasteiger partial charge in [0.1, 0.15) is 0 Å². The van der Waals surface area contributed by atoms with Crippen molar-refractivity contribution < 1.29 is 5.11 Å². The lowest BCUT2D eigenvalue weighted by molar-refractivity contribution is 0.189. The second-order valence-corrected chi connectivity index (χ2v) is 5.32. The number of piperidine rings is 1. The molecule has 0 amide bonds. The summed E-state index contributed by atoms with van der Waals surface area (Å²) in [5.74, 6) is 0.710. The number of aliphatic hydroxyl groups is 1. The van der Waals surface area contributed by atoms with Crippen LogP contribution in [0.1, 0.15) is 24.4 Å². The van der Waals surface area contributed by atoms with Crippen LogP contribution in [0.25, 0.3) is 0 Å². The zero-order valence-electron chi connectivity index (χ0n) is 11.2. The van der Waals surface area contributed by atoms with Crippen LogP contribution in [-0.4, -0.2) is 43.3 Å². The normalized spacial score (nSPS) is 22.9. The van der Waals surface area contributed by atoms with Gasteiger partial charge < -0.3 is 15.3 Å². The molecule has 0 bridgehead atoms. The van der Waals surface area contributed by atoms with Gasteiger partial charge in [0.05, 0.1) is 12.6 Å². The molecule has 3 nitrogen and oxygen atoms in total. The van der Waals surface area contributed by atoms with E-state index in [0.717, 1.165) is 6.54 Å². The summed E-state index contributed by atoms with van der Waals surface area (Å²) in [7, 11) is 2.19. The lowest BCUT2D eigenvalue weighted by Crippen LogP contribution is -2.38. The second kappa shape index (κ2) is 6.88. The first kappa shape index (κ1) is 13.5. The first-order valence-electron chi connectivity index (χ1n) is 6.87.